The minimum absolute atomic E-state index is 0.0638. The Morgan fingerprint density at radius 1 is 0.500 bits per heavy atom. The lowest BCUT2D eigenvalue weighted by Crippen LogP contribution is -2.42. The summed E-state index contributed by atoms with van der Waals surface area (Å²) in [7, 11) is 8.43. The molecular weight excluding hydrogens is 745 g/mol. The monoisotopic (exact) mass is 813 g/mol. The zero-order valence-corrected chi connectivity index (χ0v) is 37.5. The second-order valence-corrected chi connectivity index (χ2v) is 17.3. The molecule has 0 heterocycles. The SMILES string of the molecule is CC(C)=CC(CC(C)C(CN(C)C)C(=O)C(CN(C)C)C(C)CC(C=C(C)C)c1ccc(-c2ccccc2)cc1)c1ccc(-c2ccccc2)cc1.O=C(O)/C=C/C(=O)O. The van der Waals surface area contributed by atoms with Crippen molar-refractivity contribution in [3.63, 3.8) is 0 Å². The zero-order chi connectivity index (χ0) is 44.4. The van der Waals surface area contributed by atoms with Crippen LogP contribution in [0.5, 0.6) is 0 Å². The van der Waals surface area contributed by atoms with Gasteiger partial charge in [0.1, 0.15) is 5.78 Å². The number of ketones is 1. The van der Waals surface area contributed by atoms with E-state index in [0.29, 0.717) is 17.9 Å². The Morgan fingerprint density at radius 3 is 1.07 bits per heavy atom. The van der Waals surface area contributed by atoms with E-state index in [2.05, 4.69) is 201 Å². The Kier molecular flexibility index (Phi) is 20.1. The maximum atomic E-state index is 15.0. The van der Waals surface area contributed by atoms with E-state index in [1.54, 1.807) is 0 Å². The molecule has 0 spiro atoms. The number of Topliss-reactive ketones (excluding diaryl/α,β-unsaturated/α-hetero) is 1. The highest BCUT2D eigenvalue weighted by molar-refractivity contribution is 5.89. The molecule has 2 N–H and O–H groups in total. The van der Waals surface area contributed by atoms with Crippen LogP contribution >= 0.6 is 0 Å². The number of carbonyl (C=O) groups excluding carboxylic acids is 1. The smallest absolute Gasteiger partial charge is 0.328 e. The highest BCUT2D eigenvalue weighted by Crippen LogP contribution is 2.37. The molecule has 7 nitrogen and oxygen atoms in total. The second kappa shape index (κ2) is 24.6. The number of hydrogen-bond acceptors (Lipinski definition) is 5. The van der Waals surface area contributed by atoms with Crippen molar-refractivity contribution in [3.8, 4) is 22.3 Å². The standard InChI is InChI=1S/C49H64N2O.C4H4O4/c1-35(2)29-45(43-25-21-41(22-26-43)39-17-13-11-14-18-39)31-37(5)47(33-50(7)8)49(52)48(34-51(9)10)38(6)32-46(30-36(3)4)44-27-23-42(24-28-44)40-19-15-12-16-20-40;5-3(6)1-2-4(7)8/h11-30,37-38,45-48H,31-34H2,1-10H3;1-2H,(H,5,6)(H,7,8)/b;2-1+. The summed E-state index contributed by atoms with van der Waals surface area (Å²) in [6.07, 6.45) is 7.77. The maximum Gasteiger partial charge on any atom is 0.328 e. The van der Waals surface area contributed by atoms with E-state index in [0.717, 1.165) is 25.9 Å². The van der Waals surface area contributed by atoms with Gasteiger partial charge >= 0.3 is 11.9 Å². The Labute approximate surface area is 360 Å². The Balaban J connectivity index is 0.00000109. The summed E-state index contributed by atoms with van der Waals surface area (Å²) in [4.78, 5) is 38.5. The van der Waals surface area contributed by atoms with Gasteiger partial charge in [0.05, 0.1) is 0 Å². The van der Waals surface area contributed by atoms with Gasteiger partial charge in [-0.3, -0.25) is 4.79 Å². The first-order chi connectivity index (χ1) is 28.4. The van der Waals surface area contributed by atoms with Crippen LogP contribution in [-0.4, -0.2) is 79.0 Å². The number of rotatable bonds is 20. The van der Waals surface area contributed by atoms with Crippen LogP contribution in [0.25, 0.3) is 22.3 Å². The van der Waals surface area contributed by atoms with Gasteiger partial charge in [-0.25, -0.2) is 9.59 Å². The number of carboxylic acid groups (broad SMARTS) is 2. The van der Waals surface area contributed by atoms with E-state index >= 15 is 0 Å². The predicted molar refractivity (Wildman–Crippen MR) is 249 cm³/mol. The summed E-state index contributed by atoms with van der Waals surface area (Å²) in [5.74, 6) is -1.33. The molecule has 0 aliphatic rings. The molecule has 4 aromatic carbocycles. The van der Waals surface area contributed by atoms with Gasteiger partial charge in [0.2, 0.25) is 0 Å². The highest BCUT2D eigenvalue weighted by atomic mass is 16.4. The summed E-state index contributed by atoms with van der Waals surface area (Å²) >= 11 is 0. The minimum atomic E-state index is -1.26. The maximum absolute atomic E-state index is 15.0. The summed E-state index contributed by atoms with van der Waals surface area (Å²) in [5, 5.41) is 15.6. The van der Waals surface area contributed by atoms with Crippen LogP contribution in [0.15, 0.2) is 145 Å². The lowest BCUT2D eigenvalue weighted by atomic mass is 9.73. The average Bonchev–Trinajstić information content (AvgIpc) is 3.21. The molecule has 0 radical (unpaired) electrons. The fourth-order valence-corrected chi connectivity index (χ4v) is 7.95. The largest absolute Gasteiger partial charge is 0.478 e. The summed E-state index contributed by atoms with van der Waals surface area (Å²) in [5.41, 5.74) is 10.2. The van der Waals surface area contributed by atoms with E-state index in [-0.39, 0.29) is 35.5 Å². The Bertz CT molecular complexity index is 1860. The third-order valence-electron chi connectivity index (χ3n) is 10.8. The van der Waals surface area contributed by atoms with Gasteiger partial charge in [-0.15, -0.1) is 0 Å². The Morgan fingerprint density at radius 2 is 0.800 bits per heavy atom. The summed E-state index contributed by atoms with van der Waals surface area (Å²) in [6, 6.07) is 39.3. The molecule has 4 rings (SSSR count). The second-order valence-electron chi connectivity index (χ2n) is 17.3. The Hall–Kier alpha value is -5.37. The molecule has 6 atom stereocenters. The molecule has 0 fully saturated rings. The van der Waals surface area contributed by atoms with E-state index in [1.807, 2.05) is 0 Å². The molecule has 7 heteroatoms. The molecular formula is C53H68N2O5. The van der Waals surface area contributed by atoms with E-state index in [4.69, 9.17) is 10.2 Å². The number of aliphatic carboxylic acids is 2. The predicted octanol–water partition coefficient (Wildman–Crippen LogP) is 11.5. The third kappa shape index (κ3) is 16.7. The first kappa shape index (κ1) is 49.0. The third-order valence-corrected chi connectivity index (χ3v) is 10.8. The van der Waals surface area contributed by atoms with Crippen LogP contribution in [-0.2, 0) is 14.4 Å². The topological polar surface area (TPSA) is 98.2 Å². The molecule has 60 heavy (non-hydrogen) atoms. The van der Waals surface area contributed by atoms with Gasteiger partial charge in [0.15, 0.2) is 0 Å². The number of benzene rings is 4. The average molecular weight is 813 g/mol. The van der Waals surface area contributed by atoms with Crippen molar-refractivity contribution >= 4 is 17.7 Å². The van der Waals surface area contributed by atoms with Gasteiger partial charge in [-0.1, -0.05) is 146 Å². The zero-order valence-electron chi connectivity index (χ0n) is 37.5. The van der Waals surface area contributed by atoms with Crippen molar-refractivity contribution < 1.29 is 24.6 Å². The van der Waals surface area contributed by atoms with Crippen LogP contribution < -0.4 is 0 Å². The van der Waals surface area contributed by atoms with E-state index in [9.17, 15) is 14.4 Å². The van der Waals surface area contributed by atoms with Crippen molar-refractivity contribution in [1.29, 1.82) is 0 Å². The highest BCUT2D eigenvalue weighted by Gasteiger charge is 2.36. The van der Waals surface area contributed by atoms with Gasteiger partial charge in [-0.05, 0) is 114 Å². The molecule has 0 saturated carbocycles. The van der Waals surface area contributed by atoms with Gasteiger partial charge < -0.3 is 20.0 Å². The normalized spacial score (nSPS) is 14.3. The van der Waals surface area contributed by atoms with Crippen LogP contribution in [0.2, 0.25) is 0 Å². The quantitative estimate of drug-likeness (QED) is 0.0677. The van der Waals surface area contributed by atoms with Crippen molar-refractivity contribution in [2.45, 2.75) is 66.2 Å². The van der Waals surface area contributed by atoms with Crippen LogP contribution in [0.1, 0.15) is 77.3 Å². The van der Waals surface area contributed by atoms with Crippen LogP contribution in [0.4, 0.5) is 0 Å². The lowest BCUT2D eigenvalue weighted by Gasteiger charge is -2.35. The fraction of sp³-hybridized carbons (Fsp3) is 0.377. The lowest BCUT2D eigenvalue weighted by molar-refractivity contribution is -0.134. The van der Waals surface area contributed by atoms with E-state index in [1.165, 1.54) is 44.5 Å². The first-order valence-corrected chi connectivity index (χ1v) is 21.0. The molecule has 0 aliphatic carbocycles. The number of allylic oxidation sites excluding steroid dienone is 4. The molecule has 0 bridgehead atoms. The number of hydrogen-bond donors (Lipinski definition) is 2. The molecule has 0 amide bonds. The molecule has 4 aromatic rings. The van der Waals surface area contributed by atoms with Crippen molar-refractivity contribution in [2.24, 2.45) is 23.7 Å². The molecule has 320 valence electrons. The van der Waals surface area contributed by atoms with Crippen molar-refractivity contribution in [3.05, 3.63) is 156 Å². The van der Waals surface area contributed by atoms with Gasteiger partial charge in [0, 0.05) is 48.9 Å². The summed E-state index contributed by atoms with van der Waals surface area (Å²) < 4.78 is 0. The van der Waals surface area contributed by atoms with E-state index < -0.39 is 11.9 Å². The molecule has 0 aliphatic heterocycles. The van der Waals surface area contributed by atoms with Crippen molar-refractivity contribution in [1.82, 2.24) is 9.80 Å². The molecule has 6 unspecified atom stereocenters. The number of nitrogens with zero attached hydrogens (tertiary/aromatic N) is 2. The van der Waals surface area contributed by atoms with Crippen LogP contribution in [0.3, 0.4) is 0 Å². The first-order valence-electron chi connectivity index (χ1n) is 21.0. The molecule has 0 saturated heterocycles. The number of carboxylic acids is 2. The van der Waals surface area contributed by atoms with Gasteiger partial charge in [0.25, 0.3) is 0 Å². The minimum Gasteiger partial charge on any atom is -0.478 e. The fourth-order valence-electron chi connectivity index (χ4n) is 7.95. The summed E-state index contributed by atoms with van der Waals surface area (Å²) in [6.45, 7) is 14.9. The van der Waals surface area contributed by atoms with Gasteiger partial charge in [-0.2, -0.15) is 0 Å². The number of carbonyl (C=O) groups is 3. The van der Waals surface area contributed by atoms with Crippen molar-refractivity contribution in [2.75, 3.05) is 41.3 Å². The molecule has 0 aromatic heterocycles. The van der Waals surface area contributed by atoms with Crippen LogP contribution in [0, 0.1) is 23.7 Å².